The molecular weight excluding hydrogens is 594 g/mol. The summed E-state index contributed by atoms with van der Waals surface area (Å²) in [5.41, 5.74) is 0.986. The fraction of sp³-hybridized carbons (Fsp3) is 0.517. The minimum atomic E-state index is -3.78. The first-order valence-corrected chi connectivity index (χ1v) is 16.4. The summed E-state index contributed by atoms with van der Waals surface area (Å²) in [7, 11) is -0.775. The molecule has 12 nitrogen and oxygen atoms in total. The Kier molecular flexibility index (Phi) is 11.3. The standard InChI is InChI=1S/C29H41N5O7S2/c1-8-41-29(38)33-14-13-22-23(17-33)42-27(24(22)26(36)31-28(37)32(6)7)30-25(35)20-9-11-21(12-10-20)43(39,40)34(15-18(2)3)16-19(4)5/h9-12,18-19H,8,13-17H2,1-7H3,(H,30,35)(H,31,36,37). The maximum Gasteiger partial charge on any atom is 0.410 e. The van der Waals surface area contributed by atoms with E-state index in [0.717, 1.165) is 11.3 Å². The van der Waals surface area contributed by atoms with E-state index in [2.05, 4.69) is 10.6 Å². The van der Waals surface area contributed by atoms with Gasteiger partial charge in [0.05, 0.1) is 23.6 Å². The molecule has 0 radical (unpaired) electrons. The summed E-state index contributed by atoms with van der Waals surface area (Å²) < 4.78 is 33.3. The van der Waals surface area contributed by atoms with Crippen LogP contribution in [0.1, 0.15) is 65.8 Å². The molecule has 0 aliphatic carbocycles. The number of hydrogen-bond acceptors (Lipinski definition) is 8. The van der Waals surface area contributed by atoms with Gasteiger partial charge in [-0.05, 0) is 55.0 Å². The number of urea groups is 1. The Morgan fingerprint density at radius 3 is 2.14 bits per heavy atom. The van der Waals surface area contributed by atoms with Crippen molar-refractivity contribution in [3.05, 3.63) is 45.8 Å². The van der Waals surface area contributed by atoms with Crippen molar-refractivity contribution >= 4 is 50.3 Å². The van der Waals surface area contributed by atoms with Crippen LogP contribution in [-0.2, 0) is 27.7 Å². The highest BCUT2D eigenvalue weighted by atomic mass is 32.2. The van der Waals surface area contributed by atoms with Gasteiger partial charge in [0.15, 0.2) is 0 Å². The molecular formula is C29H41N5O7S2. The minimum Gasteiger partial charge on any atom is -0.450 e. The van der Waals surface area contributed by atoms with Crippen molar-refractivity contribution < 1.29 is 32.3 Å². The molecule has 2 N–H and O–H groups in total. The monoisotopic (exact) mass is 635 g/mol. The predicted octanol–water partition coefficient (Wildman–Crippen LogP) is 4.23. The lowest BCUT2D eigenvalue weighted by Crippen LogP contribution is -2.40. The highest BCUT2D eigenvalue weighted by molar-refractivity contribution is 7.89. The van der Waals surface area contributed by atoms with E-state index in [4.69, 9.17) is 4.74 Å². The van der Waals surface area contributed by atoms with Crippen LogP contribution in [0.2, 0.25) is 0 Å². The Morgan fingerprint density at radius 2 is 1.60 bits per heavy atom. The van der Waals surface area contributed by atoms with Crippen LogP contribution < -0.4 is 10.6 Å². The van der Waals surface area contributed by atoms with E-state index in [0.29, 0.717) is 36.5 Å². The van der Waals surface area contributed by atoms with Gasteiger partial charge in [0, 0.05) is 44.2 Å². The predicted molar refractivity (Wildman–Crippen MR) is 165 cm³/mol. The molecule has 43 heavy (non-hydrogen) atoms. The summed E-state index contributed by atoms with van der Waals surface area (Å²) in [5.74, 6) is -0.954. The van der Waals surface area contributed by atoms with Gasteiger partial charge in [0.2, 0.25) is 10.0 Å². The Balaban J connectivity index is 1.90. The number of carbonyl (C=O) groups is 4. The van der Waals surface area contributed by atoms with Crippen molar-refractivity contribution in [2.45, 2.75) is 52.5 Å². The molecule has 0 atom stereocenters. The molecule has 0 saturated carbocycles. The summed E-state index contributed by atoms with van der Waals surface area (Å²) in [4.78, 5) is 54.6. The number of thiophene rings is 1. The van der Waals surface area contributed by atoms with E-state index in [1.807, 2.05) is 27.7 Å². The van der Waals surface area contributed by atoms with Crippen molar-refractivity contribution in [3.63, 3.8) is 0 Å². The number of carbonyl (C=O) groups excluding carboxylic acids is 4. The molecule has 0 spiro atoms. The van der Waals surface area contributed by atoms with E-state index in [1.54, 1.807) is 6.92 Å². The first kappa shape index (κ1) is 34.0. The normalized spacial score (nSPS) is 13.2. The molecule has 3 rings (SSSR count). The Labute approximate surface area is 257 Å². The van der Waals surface area contributed by atoms with E-state index in [9.17, 15) is 27.6 Å². The topological polar surface area (TPSA) is 145 Å². The summed E-state index contributed by atoms with van der Waals surface area (Å²) >= 11 is 1.14. The number of imide groups is 1. The van der Waals surface area contributed by atoms with Crippen LogP contribution in [0.3, 0.4) is 0 Å². The zero-order valence-electron chi connectivity index (χ0n) is 25.7. The van der Waals surface area contributed by atoms with Crippen LogP contribution in [0.5, 0.6) is 0 Å². The summed E-state index contributed by atoms with van der Waals surface area (Å²) in [5, 5.41) is 5.32. The zero-order valence-corrected chi connectivity index (χ0v) is 27.4. The third-order valence-electron chi connectivity index (χ3n) is 6.56. The molecule has 0 fully saturated rings. The second-order valence-electron chi connectivity index (χ2n) is 11.3. The second kappa shape index (κ2) is 14.3. The average Bonchev–Trinajstić information content (AvgIpc) is 3.29. The van der Waals surface area contributed by atoms with Crippen LogP contribution >= 0.6 is 11.3 Å². The average molecular weight is 636 g/mol. The fourth-order valence-corrected chi connectivity index (χ4v) is 7.58. The number of sulfonamides is 1. The largest absolute Gasteiger partial charge is 0.450 e. The number of hydrogen-bond donors (Lipinski definition) is 2. The Hall–Kier alpha value is -3.49. The van der Waals surface area contributed by atoms with Gasteiger partial charge >= 0.3 is 12.1 Å². The summed E-state index contributed by atoms with van der Waals surface area (Å²) in [6.45, 7) is 11.0. The van der Waals surface area contributed by atoms with Crippen molar-refractivity contribution in [2.24, 2.45) is 11.8 Å². The lowest BCUT2D eigenvalue weighted by molar-refractivity contribution is 0.0955. The molecule has 14 heteroatoms. The third-order valence-corrected chi connectivity index (χ3v) is 9.53. The molecule has 2 heterocycles. The Bertz CT molecular complexity index is 1440. The van der Waals surface area contributed by atoms with Gasteiger partial charge < -0.3 is 19.9 Å². The lowest BCUT2D eigenvalue weighted by Gasteiger charge is -2.26. The number of ether oxygens (including phenoxy) is 1. The van der Waals surface area contributed by atoms with Crippen molar-refractivity contribution in [1.29, 1.82) is 0 Å². The molecule has 1 aromatic carbocycles. The maximum absolute atomic E-state index is 13.4. The molecule has 1 aromatic heterocycles. The molecule has 0 saturated heterocycles. The van der Waals surface area contributed by atoms with Gasteiger partial charge in [0.1, 0.15) is 5.00 Å². The van der Waals surface area contributed by atoms with Gasteiger partial charge in [-0.25, -0.2) is 18.0 Å². The smallest absolute Gasteiger partial charge is 0.410 e. The fourth-order valence-electron chi connectivity index (χ4n) is 4.56. The number of anilines is 1. The third kappa shape index (κ3) is 8.33. The second-order valence-corrected chi connectivity index (χ2v) is 14.4. The number of nitrogens with zero attached hydrogens (tertiary/aromatic N) is 3. The van der Waals surface area contributed by atoms with Crippen LogP contribution in [-0.4, -0.2) is 86.8 Å². The molecule has 2 aromatic rings. The van der Waals surface area contributed by atoms with E-state index >= 15 is 0 Å². The van der Waals surface area contributed by atoms with Gasteiger partial charge in [-0.2, -0.15) is 4.31 Å². The van der Waals surface area contributed by atoms with Crippen LogP contribution in [0.4, 0.5) is 14.6 Å². The quantitative estimate of drug-likeness (QED) is 0.397. The minimum absolute atomic E-state index is 0.0817. The highest BCUT2D eigenvalue weighted by Crippen LogP contribution is 2.37. The molecule has 236 valence electrons. The number of benzene rings is 1. The van der Waals surface area contributed by atoms with E-state index in [-0.39, 0.29) is 46.0 Å². The first-order chi connectivity index (χ1) is 20.1. The van der Waals surface area contributed by atoms with Gasteiger partial charge in [-0.15, -0.1) is 11.3 Å². The van der Waals surface area contributed by atoms with Crippen LogP contribution in [0, 0.1) is 11.8 Å². The maximum atomic E-state index is 13.4. The summed E-state index contributed by atoms with van der Waals surface area (Å²) in [6.07, 6.45) is -0.147. The number of amides is 5. The lowest BCUT2D eigenvalue weighted by atomic mass is 10.0. The molecule has 1 aliphatic rings. The van der Waals surface area contributed by atoms with Gasteiger partial charge in [-0.3, -0.25) is 14.9 Å². The van der Waals surface area contributed by atoms with E-state index < -0.39 is 34.0 Å². The SMILES string of the molecule is CCOC(=O)N1CCc2c(sc(NC(=O)c3ccc(S(=O)(=O)N(CC(C)C)CC(C)C)cc3)c2C(=O)NC(=O)N(C)C)C1. The van der Waals surface area contributed by atoms with Gasteiger partial charge in [-0.1, -0.05) is 27.7 Å². The molecule has 5 amide bonds. The van der Waals surface area contributed by atoms with Gasteiger partial charge in [0.25, 0.3) is 11.8 Å². The highest BCUT2D eigenvalue weighted by Gasteiger charge is 2.32. The van der Waals surface area contributed by atoms with Crippen LogP contribution in [0.15, 0.2) is 29.2 Å². The number of nitrogens with one attached hydrogen (secondary N) is 2. The van der Waals surface area contributed by atoms with E-state index in [1.165, 1.54) is 52.5 Å². The number of rotatable bonds is 10. The van der Waals surface area contributed by atoms with Crippen molar-refractivity contribution in [2.75, 3.05) is 45.7 Å². The first-order valence-electron chi connectivity index (χ1n) is 14.2. The summed E-state index contributed by atoms with van der Waals surface area (Å²) in [6, 6.07) is 5.04. The van der Waals surface area contributed by atoms with Crippen molar-refractivity contribution in [1.82, 2.24) is 19.4 Å². The van der Waals surface area contributed by atoms with Crippen molar-refractivity contribution in [3.8, 4) is 0 Å². The molecule has 0 bridgehead atoms. The van der Waals surface area contributed by atoms with Crippen LogP contribution in [0.25, 0.3) is 0 Å². The Morgan fingerprint density at radius 1 is 1.00 bits per heavy atom. The number of fused-ring (bicyclic) bond motifs is 1. The molecule has 0 unspecified atom stereocenters. The zero-order chi connectivity index (χ0) is 32.1. The molecule has 1 aliphatic heterocycles.